The summed E-state index contributed by atoms with van der Waals surface area (Å²) in [6, 6.07) is 0.443. The van der Waals surface area contributed by atoms with Gasteiger partial charge in [0.05, 0.1) is 6.04 Å². The Morgan fingerprint density at radius 2 is 2.50 bits per heavy atom. The van der Waals surface area contributed by atoms with Crippen LogP contribution in [0.3, 0.4) is 0 Å². The van der Waals surface area contributed by atoms with Crippen LogP contribution in [0.25, 0.3) is 0 Å². The van der Waals surface area contributed by atoms with Crippen molar-refractivity contribution in [3.63, 3.8) is 0 Å². The van der Waals surface area contributed by atoms with Gasteiger partial charge in [-0.25, -0.2) is 0 Å². The van der Waals surface area contributed by atoms with E-state index in [0.717, 1.165) is 6.42 Å². The van der Waals surface area contributed by atoms with E-state index in [0.29, 0.717) is 6.04 Å². The molecular formula is C8H11N2. The minimum Gasteiger partial charge on any atom is -0.182 e. The van der Waals surface area contributed by atoms with Gasteiger partial charge in [0, 0.05) is 12.6 Å². The third-order valence-electron chi connectivity index (χ3n) is 2.13. The van der Waals surface area contributed by atoms with Crippen LogP contribution in [0.5, 0.6) is 0 Å². The Morgan fingerprint density at radius 1 is 1.50 bits per heavy atom. The molecule has 1 radical (unpaired) electrons. The minimum atomic E-state index is 0.443. The van der Waals surface area contributed by atoms with E-state index < -0.39 is 0 Å². The predicted molar refractivity (Wildman–Crippen MR) is 41.0 cm³/mol. The van der Waals surface area contributed by atoms with E-state index in [2.05, 4.69) is 16.6 Å². The molecule has 2 heteroatoms. The monoisotopic (exact) mass is 135 g/mol. The molecule has 0 fully saturated rings. The zero-order chi connectivity index (χ0) is 6.81. The zero-order valence-electron chi connectivity index (χ0n) is 5.95. The molecule has 2 rings (SSSR count). The molecule has 0 amide bonds. The quantitative estimate of drug-likeness (QED) is 0.449. The lowest BCUT2D eigenvalue weighted by Crippen LogP contribution is -2.26. The summed E-state index contributed by atoms with van der Waals surface area (Å²) >= 11 is 0. The molecule has 0 saturated heterocycles. The van der Waals surface area contributed by atoms with E-state index in [1.165, 1.54) is 24.8 Å². The second kappa shape index (κ2) is 2.45. The van der Waals surface area contributed by atoms with Crippen molar-refractivity contribution in [3.05, 3.63) is 11.6 Å². The van der Waals surface area contributed by atoms with Crippen LogP contribution >= 0.6 is 0 Å². The first kappa shape index (κ1) is 5.96. The summed E-state index contributed by atoms with van der Waals surface area (Å²) in [5.74, 6) is 0. The second-order valence-electron chi connectivity index (χ2n) is 2.84. The standard InChI is InChI=1S/C8H11N2/c1-2-4-8-7(3-1)5-6-9-10-8/h3,6,8H,1-2,4-5H2. The number of fused-ring (bicyclic) bond motifs is 1. The summed E-state index contributed by atoms with van der Waals surface area (Å²) in [6.07, 6.45) is 9.00. The van der Waals surface area contributed by atoms with Gasteiger partial charge in [-0.3, -0.25) is 0 Å². The van der Waals surface area contributed by atoms with Crippen LogP contribution in [0, 0.1) is 0 Å². The highest BCUT2D eigenvalue weighted by Gasteiger charge is 2.19. The molecule has 1 unspecified atom stereocenters. The van der Waals surface area contributed by atoms with Gasteiger partial charge >= 0.3 is 0 Å². The topological polar surface area (TPSA) is 26.5 Å². The molecule has 2 nitrogen and oxygen atoms in total. The van der Waals surface area contributed by atoms with Gasteiger partial charge in [0.2, 0.25) is 0 Å². The Hall–Kier alpha value is -0.790. The summed E-state index contributed by atoms with van der Waals surface area (Å²) in [5.41, 5.74) is 5.64. The lowest BCUT2D eigenvalue weighted by molar-refractivity contribution is 0.492. The highest BCUT2D eigenvalue weighted by molar-refractivity contribution is 5.62. The van der Waals surface area contributed by atoms with Crippen LogP contribution in [0.1, 0.15) is 25.7 Å². The lowest BCUT2D eigenvalue weighted by atomic mass is 9.92. The second-order valence-corrected chi connectivity index (χ2v) is 2.84. The van der Waals surface area contributed by atoms with E-state index in [1.54, 1.807) is 0 Å². The molecule has 1 heterocycles. The number of rotatable bonds is 0. The van der Waals surface area contributed by atoms with E-state index >= 15 is 0 Å². The summed E-state index contributed by atoms with van der Waals surface area (Å²) in [6.45, 7) is 0. The van der Waals surface area contributed by atoms with E-state index in [9.17, 15) is 0 Å². The normalized spacial score (nSPS) is 30.4. The summed E-state index contributed by atoms with van der Waals surface area (Å²) in [5, 5.41) is 3.92. The fourth-order valence-corrected chi connectivity index (χ4v) is 1.55. The van der Waals surface area contributed by atoms with Crippen molar-refractivity contribution in [1.29, 1.82) is 0 Å². The van der Waals surface area contributed by atoms with E-state index in [-0.39, 0.29) is 0 Å². The van der Waals surface area contributed by atoms with Crippen LogP contribution in [0.15, 0.2) is 16.8 Å². The third kappa shape index (κ3) is 0.939. The van der Waals surface area contributed by atoms with Gasteiger partial charge in [-0.15, -0.1) is 0 Å². The molecule has 0 spiro atoms. The molecule has 0 aromatic heterocycles. The van der Waals surface area contributed by atoms with Gasteiger partial charge < -0.3 is 0 Å². The molecule has 0 N–H and O–H groups in total. The molecule has 2 aliphatic rings. The van der Waals surface area contributed by atoms with Crippen molar-refractivity contribution in [2.45, 2.75) is 31.7 Å². The predicted octanol–water partition coefficient (Wildman–Crippen LogP) is 1.46. The van der Waals surface area contributed by atoms with Gasteiger partial charge in [-0.2, -0.15) is 10.5 Å². The number of nitrogens with zero attached hydrogens (tertiary/aromatic N) is 2. The summed E-state index contributed by atoms with van der Waals surface area (Å²) in [7, 11) is 0. The molecule has 10 heavy (non-hydrogen) atoms. The number of allylic oxidation sites excluding steroid dienone is 1. The van der Waals surface area contributed by atoms with Gasteiger partial charge in [0.25, 0.3) is 0 Å². The average molecular weight is 135 g/mol. The smallest absolute Gasteiger partial charge is 0.0925 e. The van der Waals surface area contributed by atoms with Crippen molar-refractivity contribution >= 4 is 6.21 Å². The summed E-state index contributed by atoms with van der Waals surface area (Å²) < 4.78 is 0. The van der Waals surface area contributed by atoms with Crippen molar-refractivity contribution in [2.75, 3.05) is 0 Å². The molecule has 1 atom stereocenters. The minimum absolute atomic E-state index is 0.443. The molecule has 1 aliphatic heterocycles. The molecule has 1 aliphatic carbocycles. The van der Waals surface area contributed by atoms with Gasteiger partial charge in [-0.05, 0) is 24.8 Å². The summed E-state index contributed by atoms with van der Waals surface area (Å²) in [4.78, 5) is 0. The Kier molecular flexibility index (Phi) is 1.46. The van der Waals surface area contributed by atoms with Crippen LogP contribution in [-0.2, 0) is 0 Å². The first-order chi connectivity index (χ1) is 4.97. The van der Waals surface area contributed by atoms with Crippen LogP contribution < -0.4 is 5.43 Å². The Bertz CT molecular complexity index is 182. The lowest BCUT2D eigenvalue weighted by Gasteiger charge is -2.23. The van der Waals surface area contributed by atoms with Crippen molar-refractivity contribution in [3.8, 4) is 0 Å². The van der Waals surface area contributed by atoms with Crippen molar-refractivity contribution < 1.29 is 0 Å². The first-order valence-electron chi connectivity index (χ1n) is 3.87. The van der Waals surface area contributed by atoms with Crippen molar-refractivity contribution in [1.82, 2.24) is 5.43 Å². The van der Waals surface area contributed by atoms with Crippen LogP contribution in [-0.4, -0.2) is 12.3 Å². The maximum Gasteiger partial charge on any atom is 0.0925 e. The number of hydrogen-bond donors (Lipinski definition) is 0. The molecular weight excluding hydrogens is 124 g/mol. The van der Waals surface area contributed by atoms with E-state index in [4.69, 9.17) is 0 Å². The third-order valence-corrected chi connectivity index (χ3v) is 2.13. The highest BCUT2D eigenvalue weighted by Crippen LogP contribution is 2.22. The van der Waals surface area contributed by atoms with Crippen molar-refractivity contribution in [2.24, 2.45) is 5.10 Å². The maximum atomic E-state index is 4.15. The Labute approximate surface area is 61.0 Å². The molecule has 53 valence electrons. The Balaban J connectivity index is 2.17. The fraction of sp³-hybridized carbons (Fsp3) is 0.625. The largest absolute Gasteiger partial charge is 0.182 e. The average Bonchev–Trinajstić information content (AvgIpc) is 2.05. The Morgan fingerprint density at radius 3 is 3.40 bits per heavy atom. The van der Waals surface area contributed by atoms with E-state index in [1.807, 2.05) is 6.21 Å². The SMILES string of the molecule is C1=N[N]C2CCCC=C2C1. The van der Waals surface area contributed by atoms with Gasteiger partial charge in [-0.1, -0.05) is 6.08 Å². The van der Waals surface area contributed by atoms with Crippen LogP contribution in [0.4, 0.5) is 0 Å². The van der Waals surface area contributed by atoms with Gasteiger partial charge in [0.1, 0.15) is 0 Å². The van der Waals surface area contributed by atoms with Crippen LogP contribution in [0.2, 0.25) is 0 Å². The van der Waals surface area contributed by atoms with Gasteiger partial charge in [0.15, 0.2) is 0 Å². The molecule has 0 bridgehead atoms. The number of hydrogen-bond acceptors (Lipinski definition) is 1. The molecule has 0 aromatic rings. The molecule has 0 saturated carbocycles. The zero-order valence-corrected chi connectivity index (χ0v) is 5.95. The fourth-order valence-electron chi connectivity index (χ4n) is 1.55. The first-order valence-corrected chi connectivity index (χ1v) is 3.87. The highest BCUT2D eigenvalue weighted by atomic mass is 15.3. The maximum absolute atomic E-state index is 4.15. The molecule has 0 aromatic carbocycles.